The van der Waals surface area contributed by atoms with Crippen LogP contribution in [0.25, 0.3) is 0 Å². The number of aromatic hydroxyl groups is 2. The van der Waals surface area contributed by atoms with Crippen LogP contribution in [0, 0.1) is 0 Å². The Kier molecular flexibility index (Phi) is 1.73. The molecule has 4 heteroatoms. The summed E-state index contributed by atoms with van der Waals surface area (Å²) in [5.41, 5.74) is 0.208. The highest BCUT2D eigenvalue weighted by molar-refractivity contribution is 5.36. The van der Waals surface area contributed by atoms with Gasteiger partial charge in [-0.25, -0.2) is 4.98 Å². The molecular formula is C6H8NO3+. The molecular weight excluding hydrogens is 134 g/mol. The number of hydrogen-bond donors (Lipinski definition) is 3. The van der Waals surface area contributed by atoms with Crippen LogP contribution in [0.5, 0.6) is 11.5 Å². The molecule has 0 saturated carbocycles. The summed E-state index contributed by atoms with van der Waals surface area (Å²) in [6.07, 6.45) is 1.43. The summed E-state index contributed by atoms with van der Waals surface area (Å²) in [5.74, 6) is -0.534. The van der Waals surface area contributed by atoms with Gasteiger partial charge in [0.25, 0.3) is 5.69 Å². The second-order valence-corrected chi connectivity index (χ2v) is 1.85. The van der Waals surface area contributed by atoms with Crippen molar-refractivity contribution in [1.29, 1.82) is 0 Å². The lowest BCUT2D eigenvalue weighted by atomic mass is 10.3. The number of aromatic amines is 1. The lowest BCUT2D eigenvalue weighted by Gasteiger charge is -1.94. The molecule has 4 N–H and O–H groups in total. The smallest absolute Gasteiger partial charge is 0.251 e. The Morgan fingerprint density at radius 3 is 2.60 bits per heavy atom. The Morgan fingerprint density at radius 2 is 2.10 bits per heavy atom. The fourth-order valence-corrected chi connectivity index (χ4v) is 0.644. The van der Waals surface area contributed by atoms with Crippen LogP contribution in [-0.2, 0) is 6.61 Å². The molecule has 54 valence electrons. The molecule has 1 aromatic heterocycles. The van der Waals surface area contributed by atoms with Crippen LogP contribution in [0.15, 0.2) is 12.3 Å². The molecule has 4 nitrogen and oxygen atoms in total. The van der Waals surface area contributed by atoms with Gasteiger partial charge in [-0.1, -0.05) is 0 Å². The SMILES string of the molecule is OCc1[nH+]ccc(O)c1O. The van der Waals surface area contributed by atoms with Crippen LogP contribution in [0.4, 0.5) is 0 Å². The van der Waals surface area contributed by atoms with Gasteiger partial charge in [0.05, 0.1) is 0 Å². The Morgan fingerprint density at radius 1 is 1.40 bits per heavy atom. The lowest BCUT2D eigenvalue weighted by molar-refractivity contribution is -0.396. The van der Waals surface area contributed by atoms with Crippen molar-refractivity contribution >= 4 is 0 Å². The molecule has 0 atom stereocenters. The fraction of sp³-hybridized carbons (Fsp3) is 0.167. The van der Waals surface area contributed by atoms with Crippen molar-refractivity contribution < 1.29 is 20.3 Å². The number of aliphatic hydroxyl groups excluding tert-OH is 1. The molecule has 10 heavy (non-hydrogen) atoms. The molecule has 1 heterocycles. The third-order valence-corrected chi connectivity index (χ3v) is 1.19. The van der Waals surface area contributed by atoms with Crippen LogP contribution in [0.1, 0.15) is 5.69 Å². The molecule has 1 rings (SSSR count). The van der Waals surface area contributed by atoms with Crippen molar-refractivity contribution in [3.05, 3.63) is 18.0 Å². The molecule has 1 aromatic rings. The number of H-pyrrole nitrogens is 1. The van der Waals surface area contributed by atoms with Gasteiger partial charge in [-0.15, -0.1) is 0 Å². The molecule has 0 radical (unpaired) electrons. The first-order valence-electron chi connectivity index (χ1n) is 2.78. The van der Waals surface area contributed by atoms with Gasteiger partial charge >= 0.3 is 0 Å². The van der Waals surface area contributed by atoms with Gasteiger partial charge in [0.15, 0.2) is 11.9 Å². The van der Waals surface area contributed by atoms with E-state index in [1.165, 1.54) is 12.3 Å². The second kappa shape index (κ2) is 2.53. The summed E-state index contributed by atoms with van der Waals surface area (Å²) in [6.45, 7) is -0.319. The van der Waals surface area contributed by atoms with E-state index in [9.17, 15) is 0 Å². The number of hydrogen-bond acceptors (Lipinski definition) is 3. The maximum absolute atomic E-state index is 8.96. The zero-order valence-corrected chi connectivity index (χ0v) is 5.20. The predicted octanol–water partition coefficient (Wildman–Crippen LogP) is -0.596. The topological polar surface area (TPSA) is 74.8 Å². The van der Waals surface area contributed by atoms with E-state index in [4.69, 9.17) is 15.3 Å². The zero-order chi connectivity index (χ0) is 7.56. The zero-order valence-electron chi connectivity index (χ0n) is 5.20. The van der Waals surface area contributed by atoms with Crippen molar-refractivity contribution in [3.63, 3.8) is 0 Å². The summed E-state index contributed by atoms with van der Waals surface area (Å²) >= 11 is 0. The van der Waals surface area contributed by atoms with Gasteiger partial charge < -0.3 is 15.3 Å². The Bertz CT molecular complexity index is 236. The molecule has 0 aliphatic carbocycles. The molecule has 0 spiro atoms. The van der Waals surface area contributed by atoms with E-state index in [2.05, 4.69) is 4.98 Å². The molecule has 0 aliphatic heterocycles. The van der Waals surface area contributed by atoms with Gasteiger partial charge in [-0.3, -0.25) is 0 Å². The van der Waals surface area contributed by atoms with E-state index in [1.54, 1.807) is 0 Å². The maximum Gasteiger partial charge on any atom is 0.251 e. The highest BCUT2D eigenvalue weighted by atomic mass is 16.3. The number of nitrogens with one attached hydrogen (secondary N) is 1. The minimum atomic E-state index is -0.319. The predicted molar refractivity (Wildman–Crippen MR) is 32.3 cm³/mol. The number of aromatic nitrogens is 1. The van der Waals surface area contributed by atoms with Crippen LogP contribution >= 0.6 is 0 Å². The first-order valence-corrected chi connectivity index (χ1v) is 2.78. The van der Waals surface area contributed by atoms with Crippen molar-refractivity contribution in [1.82, 2.24) is 0 Å². The minimum absolute atomic E-state index is 0.208. The summed E-state index contributed by atoms with van der Waals surface area (Å²) in [7, 11) is 0. The summed E-state index contributed by atoms with van der Waals surface area (Å²) in [4.78, 5) is 2.57. The monoisotopic (exact) mass is 142 g/mol. The third kappa shape index (κ3) is 1.01. The molecule has 0 unspecified atom stereocenters. The average molecular weight is 142 g/mol. The first-order chi connectivity index (χ1) is 4.75. The minimum Gasteiger partial charge on any atom is -0.504 e. The Labute approximate surface area is 57.4 Å². The Hall–Kier alpha value is -1.29. The fourth-order valence-electron chi connectivity index (χ4n) is 0.644. The van der Waals surface area contributed by atoms with Gasteiger partial charge in [0.2, 0.25) is 5.75 Å². The van der Waals surface area contributed by atoms with E-state index < -0.39 is 0 Å². The Balaban J connectivity index is 3.14. The van der Waals surface area contributed by atoms with Gasteiger partial charge in [-0.2, -0.15) is 0 Å². The summed E-state index contributed by atoms with van der Waals surface area (Å²) < 4.78 is 0. The van der Waals surface area contributed by atoms with E-state index in [-0.39, 0.29) is 23.8 Å². The van der Waals surface area contributed by atoms with E-state index in [0.29, 0.717) is 0 Å². The highest BCUT2D eigenvalue weighted by Crippen LogP contribution is 2.23. The first kappa shape index (κ1) is 6.82. The van der Waals surface area contributed by atoms with Gasteiger partial charge in [0.1, 0.15) is 6.61 Å². The summed E-state index contributed by atoms with van der Waals surface area (Å²) in [6, 6.07) is 1.30. The van der Waals surface area contributed by atoms with Gasteiger partial charge in [-0.05, 0) is 0 Å². The largest absolute Gasteiger partial charge is 0.504 e. The van der Waals surface area contributed by atoms with Crippen molar-refractivity contribution in [2.24, 2.45) is 0 Å². The molecule has 0 aromatic carbocycles. The molecule has 0 amide bonds. The van der Waals surface area contributed by atoms with Crippen molar-refractivity contribution in [3.8, 4) is 11.5 Å². The maximum atomic E-state index is 8.96. The van der Waals surface area contributed by atoms with Crippen molar-refractivity contribution in [2.45, 2.75) is 6.61 Å². The van der Waals surface area contributed by atoms with E-state index in [1.807, 2.05) is 0 Å². The van der Waals surface area contributed by atoms with Crippen LogP contribution in [-0.4, -0.2) is 15.3 Å². The molecule has 0 bridgehead atoms. The van der Waals surface area contributed by atoms with E-state index in [0.717, 1.165) is 0 Å². The quantitative estimate of drug-likeness (QED) is 0.490. The standard InChI is InChI=1S/C6H7NO3/c8-3-4-6(10)5(9)1-2-7-4/h1-2,8,10H,3H2,(H,7,9)/p+1. The number of aliphatic hydroxyl groups is 1. The van der Waals surface area contributed by atoms with Crippen LogP contribution in [0.3, 0.4) is 0 Å². The summed E-state index contributed by atoms with van der Waals surface area (Å²) in [5, 5.41) is 26.3. The third-order valence-electron chi connectivity index (χ3n) is 1.19. The highest BCUT2D eigenvalue weighted by Gasteiger charge is 2.10. The normalized spacial score (nSPS) is 9.70. The lowest BCUT2D eigenvalue weighted by Crippen LogP contribution is -2.09. The van der Waals surface area contributed by atoms with Crippen molar-refractivity contribution in [2.75, 3.05) is 0 Å². The molecule has 0 fully saturated rings. The van der Waals surface area contributed by atoms with Crippen LogP contribution in [0.2, 0.25) is 0 Å². The number of pyridine rings is 1. The number of rotatable bonds is 1. The second-order valence-electron chi connectivity index (χ2n) is 1.85. The van der Waals surface area contributed by atoms with E-state index >= 15 is 0 Å². The molecule has 0 aliphatic rings. The van der Waals surface area contributed by atoms with Gasteiger partial charge in [0, 0.05) is 6.07 Å². The average Bonchev–Trinajstić information content (AvgIpc) is 1.95. The van der Waals surface area contributed by atoms with Crippen LogP contribution < -0.4 is 4.98 Å². The molecule has 0 saturated heterocycles.